The number of hydrogen-bond acceptors (Lipinski definition) is 4. The number of hydrogen-bond donors (Lipinski definition) is 1. The highest BCUT2D eigenvalue weighted by Gasteiger charge is 2.09. The van der Waals surface area contributed by atoms with E-state index in [9.17, 15) is 4.79 Å². The quantitative estimate of drug-likeness (QED) is 0.632. The molecule has 1 amide bonds. The highest BCUT2D eigenvalue weighted by Crippen LogP contribution is 2.25. The number of rotatable bonds is 10. The van der Waals surface area contributed by atoms with E-state index in [4.69, 9.17) is 14.2 Å². The molecule has 5 nitrogen and oxygen atoms in total. The van der Waals surface area contributed by atoms with Gasteiger partial charge in [0.05, 0.1) is 19.4 Å². The number of ether oxygens (including phenoxy) is 3. The number of amides is 1. The Morgan fingerprint density at radius 3 is 2.54 bits per heavy atom. The molecule has 2 aromatic rings. The summed E-state index contributed by atoms with van der Waals surface area (Å²) >= 11 is 0. The minimum Gasteiger partial charge on any atom is -0.495 e. The third-order valence-corrected chi connectivity index (χ3v) is 3.82. The summed E-state index contributed by atoms with van der Waals surface area (Å²) in [4.78, 5) is 12.2. The number of anilines is 1. The molecule has 0 radical (unpaired) electrons. The van der Waals surface area contributed by atoms with E-state index in [0.717, 1.165) is 30.6 Å². The van der Waals surface area contributed by atoms with Gasteiger partial charge in [0, 0.05) is 6.07 Å². The molecule has 140 valence electrons. The highest BCUT2D eigenvalue weighted by atomic mass is 16.5. The van der Waals surface area contributed by atoms with Crippen molar-refractivity contribution in [1.82, 2.24) is 0 Å². The van der Waals surface area contributed by atoms with Crippen LogP contribution in [0.4, 0.5) is 5.69 Å². The van der Waals surface area contributed by atoms with E-state index in [1.165, 1.54) is 0 Å². The van der Waals surface area contributed by atoms with E-state index >= 15 is 0 Å². The molecule has 0 aromatic heterocycles. The van der Waals surface area contributed by atoms with Gasteiger partial charge < -0.3 is 19.5 Å². The minimum absolute atomic E-state index is 0.0869. The van der Waals surface area contributed by atoms with Crippen LogP contribution in [-0.4, -0.2) is 26.2 Å². The average Bonchev–Trinajstić information content (AvgIpc) is 2.64. The zero-order chi connectivity index (χ0) is 18.8. The number of benzene rings is 2. The Labute approximate surface area is 155 Å². The second kappa shape index (κ2) is 10.3. The number of aryl methyl sites for hydroxylation is 1. The van der Waals surface area contributed by atoms with Crippen LogP contribution in [0.25, 0.3) is 0 Å². The van der Waals surface area contributed by atoms with Crippen molar-refractivity contribution >= 4 is 11.6 Å². The summed E-state index contributed by atoms with van der Waals surface area (Å²) in [6.45, 7) is 4.71. The summed E-state index contributed by atoms with van der Waals surface area (Å²) < 4.78 is 16.5. The lowest BCUT2D eigenvalue weighted by molar-refractivity contribution is -0.118. The van der Waals surface area contributed by atoms with Gasteiger partial charge in [-0.3, -0.25) is 4.79 Å². The van der Waals surface area contributed by atoms with E-state index < -0.39 is 0 Å². The molecule has 0 unspecified atom stereocenters. The summed E-state index contributed by atoms with van der Waals surface area (Å²) in [5.41, 5.74) is 1.67. The predicted octanol–water partition coefficient (Wildman–Crippen LogP) is 4.59. The molecule has 2 aromatic carbocycles. The van der Waals surface area contributed by atoms with Crippen LogP contribution in [0.5, 0.6) is 17.2 Å². The van der Waals surface area contributed by atoms with Crippen LogP contribution in [0.3, 0.4) is 0 Å². The monoisotopic (exact) mass is 357 g/mol. The van der Waals surface area contributed by atoms with Crippen LogP contribution in [-0.2, 0) is 4.79 Å². The Balaban J connectivity index is 1.86. The fraction of sp³-hybridized carbons (Fsp3) is 0.381. The third kappa shape index (κ3) is 6.31. The lowest BCUT2D eigenvalue weighted by Crippen LogP contribution is -2.20. The summed E-state index contributed by atoms with van der Waals surface area (Å²) in [7, 11) is 1.57. The maximum atomic E-state index is 12.2. The summed E-state index contributed by atoms with van der Waals surface area (Å²) in [6, 6.07) is 13.0. The molecule has 0 aliphatic carbocycles. The van der Waals surface area contributed by atoms with Crippen LogP contribution in [0.1, 0.15) is 31.7 Å². The normalized spacial score (nSPS) is 10.3. The molecule has 0 saturated carbocycles. The van der Waals surface area contributed by atoms with Crippen LogP contribution in [0, 0.1) is 6.92 Å². The van der Waals surface area contributed by atoms with Crippen molar-refractivity contribution in [3.8, 4) is 17.2 Å². The van der Waals surface area contributed by atoms with Crippen molar-refractivity contribution in [1.29, 1.82) is 0 Å². The van der Waals surface area contributed by atoms with Gasteiger partial charge in [0.15, 0.2) is 6.61 Å². The maximum Gasteiger partial charge on any atom is 0.262 e. The van der Waals surface area contributed by atoms with E-state index in [-0.39, 0.29) is 12.5 Å². The molecule has 0 spiro atoms. The molecule has 0 heterocycles. The van der Waals surface area contributed by atoms with Gasteiger partial charge in [-0.05, 0) is 43.2 Å². The molecular weight excluding hydrogens is 330 g/mol. The van der Waals surface area contributed by atoms with Gasteiger partial charge in [-0.25, -0.2) is 0 Å². The first-order valence-electron chi connectivity index (χ1n) is 8.92. The summed E-state index contributed by atoms with van der Waals surface area (Å²) in [5, 5.41) is 2.82. The maximum absolute atomic E-state index is 12.2. The molecule has 0 aliphatic rings. The molecule has 1 N–H and O–H groups in total. The molecule has 0 saturated heterocycles. The fourth-order valence-electron chi connectivity index (χ4n) is 2.45. The Kier molecular flexibility index (Phi) is 7.80. The van der Waals surface area contributed by atoms with Gasteiger partial charge in [0.2, 0.25) is 0 Å². The predicted molar refractivity (Wildman–Crippen MR) is 103 cm³/mol. The van der Waals surface area contributed by atoms with E-state index in [0.29, 0.717) is 23.8 Å². The van der Waals surface area contributed by atoms with Crippen LogP contribution in [0.2, 0.25) is 0 Å². The average molecular weight is 357 g/mol. The van der Waals surface area contributed by atoms with Gasteiger partial charge in [-0.15, -0.1) is 0 Å². The summed E-state index contributed by atoms with van der Waals surface area (Å²) in [6.07, 6.45) is 3.34. The molecule has 2 rings (SSSR count). The number of carbonyl (C=O) groups excluding carboxylic acids is 1. The molecule has 0 aliphatic heterocycles. The Morgan fingerprint density at radius 1 is 1.04 bits per heavy atom. The largest absolute Gasteiger partial charge is 0.495 e. The highest BCUT2D eigenvalue weighted by molar-refractivity contribution is 5.93. The molecule has 0 bridgehead atoms. The molecule has 5 heteroatoms. The Hall–Kier alpha value is -2.69. The fourth-order valence-corrected chi connectivity index (χ4v) is 2.45. The van der Waals surface area contributed by atoms with Crippen molar-refractivity contribution in [3.63, 3.8) is 0 Å². The van der Waals surface area contributed by atoms with E-state index in [2.05, 4.69) is 12.2 Å². The zero-order valence-electron chi connectivity index (χ0n) is 15.7. The topological polar surface area (TPSA) is 56.8 Å². The molecular formula is C21H27NO4. The number of carbonyl (C=O) groups is 1. The number of nitrogens with one attached hydrogen (secondary N) is 1. The zero-order valence-corrected chi connectivity index (χ0v) is 15.7. The second-order valence-electron chi connectivity index (χ2n) is 6.07. The number of methoxy groups -OCH3 is 1. The van der Waals surface area contributed by atoms with Crippen LogP contribution >= 0.6 is 0 Å². The third-order valence-electron chi connectivity index (χ3n) is 3.82. The van der Waals surface area contributed by atoms with Crippen molar-refractivity contribution in [2.75, 3.05) is 25.6 Å². The Bertz CT molecular complexity index is 715. The first-order valence-corrected chi connectivity index (χ1v) is 8.92. The SMILES string of the molecule is CCCCCOc1cccc(OCC(=O)Nc2cc(C)ccc2OC)c1. The molecule has 0 atom stereocenters. The summed E-state index contributed by atoms with van der Waals surface area (Å²) in [5.74, 6) is 1.72. The number of unbranched alkanes of at least 4 members (excludes halogenated alkanes) is 2. The van der Waals surface area contributed by atoms with Crippen molar-refractivity contribution in [2.24, 2.45) is 0 Å². The van der Waals surface area contributed by atoms with Gasteiger partial charge in [-0.2, -0.15) is 0 Å². The second-order valence-corrected chi connectivity index (χ2v) is 6.07. The Morgan fingerprint density at radius 2 is 1.81 bits per heavy atom. The molecule has 26 heavy (non-hydrogen) atoms. The van der Waals surface area contributed by atoms with Crippen molar-refractivity contribution < 1.29 is 19.0 Å². The van der Waals surface area contributed by atoms with Gasteiger partial charge >= 0.3 is 0 Å². The van der Waals surface area contributed by atoms with Crippen molar-refractivity contribution in [2.45, 2.75) is 33.1 Å². The van der Waals surface area contributed by atoms with Crippen LogP contribution in [0.15, 0.2) is 42.5 Å². The lowest BCUT2D eigenvalue weighted by atomic mass is 10.2. The first-order chi connectivity index (χ1) is 12.6. The van der Waals surface area contributed by atoms with Gasteiger partial charge in [0.1, 0.15) is 17.2 Å². The van der Waals surface area contributed by atoms with Crippen molar-refractivity contribution in [3.05, 3.63) is 48.0 Å². The lowest BCUT2D eigenvalue weighted by Gasteiger charge is -2.12. The minimum atomic E-state index is -0.247. The molecule has 0 fully saturated rings. The smallest absolute Gasteiger partial charge is 0.262 e. The van der Waals surface area contributed by atoms with Gasteiger partial charge in [-0.1, -0.05) is 31.9 Å². The van der Waals surface area contributed by atoms with E-state index in [1.54, 1.807) is 19.2 Å². The van der Waals surface area contributed by atoms with E-state index in [1.807, 2.05) is 37.3 Å². The van der Waals surface area contributed by atoms with Crippen LogP contribution < -0.4 is 19.5 Å². The standard InChI is InChI=1S/C21H27NO4/c1-4-5-6-12-25-17-8-7-9-18(14-17)26-15-21(23)22-19-13-16(2)10-11-20(19)24-3/h7-11,13-14H,4-6,12,15H2,1-3H3,(H,22,23). The van der Waals surface area contributed by atoms with Gasteiger partial charge in [0.25, 0.3) is 5.91 Å². The first kappa shape index (κ1) is 19.6.